The number of nitrogens with zero attached hydrogens (tertiary/aromatic N) is 4. The Morgan fingerprint density at radius 3 is 2.46 bits per heavy atom. The van der Waals surface area contributed by atoms with Crippen molar-refractivity contribution in [1.29, 1.82) is 0 Å². The van der Waals surface area contributed by atoms with E-state index in [4.69, 9.17) is 4.52 Å². The number of benzene rings is 1. The topological polar surface area (TPSA) is 93.8 Å². The van der Waals surface area contributed by atoms with Gasteiger partial charge in [0.25, 0.3) is 5.91 Å². The number of rotatable bonds is 5. The van der Waals surface area contributed by atoms with E-state index >= 15 is 0 Å². The molecule has 1 aromatic carbocycles. The quantitative estimate of drug-likeness (QED) is 0.774. The second kappa shape index (κ2) is 6.99. The van der Waals surface area contributed by atoms with E-state index in [0.717, 1.165) is 23.4 Å². The molecule has 0 unspecified atom stereocenters. The van der Waals surface area contributed by atoms with E-state index in [0.29, 0.717) is 23.8 Å². The van der Waals surface area contributed by atoms with Crippen molar-refractivity contribution in [3.8, 4) is 11.4 Å². The minimum absolute atomic E-state index is 0.199. The van der Waals surface area contributed by atoms with E-state index < -0.39 is 0 Å². The molecular formula is C17H17N5O2. The molecule has 7 nitrogen and oxygen atoms in total. The number of aromatic nitrogens is 4. The van der Waals surface area contributed by atoms with Gasteiger partial charge in [0, 0.05) is 37.8 Å². The van der Waals surface area contributed by atoms with Crippen LogP contribution < -0.4 is 5.32 Å². The van der Waals surface area contributed by atoms with Gasteiger partial charge in [0.1, 0.15) is 5.82 Å². The first-order chi connectivity index (χ1) is 11.7. The Morgan fingerprint density at radius 1 is 1.17 bits per heavy atom. The fourth-order valence-corrected chi connectivity index (χ4v) is 2.13. The van der Waals surface area contributed by atoms with Crippen LogP contribution in [0.2, 0.25) is 0 Å². The zero-order valence-electron chi connectivity index (χ0n) is 13.5. The molecule has 2 aromatic heterocycles. The fourth-order valence-electron chi connectivity index (χ4n) is 2.13. The Morgan fingerprint density at radius 2 is 1.88 bits per heavy atom. The molecule has 3 rings (SSSR count). The van der Waals surface area contributed by atoms with Crippen LogP contribution >= 0.6 is 0 Å². The third-order valence-electron chi connectivity index (χ3n) is 3.48. The highest BCUT2D eigenvalue weighted by molar-refractivity contribution is 5.93. The lowest BCUT2D eigenvalue weighted by Gasteiger charge is -2.06. The van der Waals surface area contributed by atoms with Gasteiger partial charge >= 0.3 is 0 Å². The molecule has 24 heavy (non-hydrogen) atoms. The van der Waals surface area contributed by atoms with E-state index in [9.17, 15) is 4.79 Å². The highest BCUT2D eigenvalue weighted by Crippen LogP contribution is 2.16. The molecule has 122 valence electrons. The van der Waals surface area contributed by atoms with Crippen molar-refractivity contribution in [2.75, 3.05) is 0 Å². The highest BCUT2D eigenvalue weighted by atomic mass is 16.5. The molecule has 1 amide bonds. The van der Waals surface area contributed by atoms with Gasteiger partial charge in [-0.3, -0.25) is 4.79 Å². The summed E-state index contributed by atoms with van der Waals surface area (Å²) in [6, 6.07) is 7.62. The van der Waals surface area contributed by atoms with Gasteiger partial charge in [-0.15, -0.1) is 0 Å². The van der Waals surface area contributed by atoms with Crippen molar-refractivity contribution < 1.29 is 9.32 Å². The second-order valence-corrected chi connectivity index (χ2v) is 5.26. The molecule has 0 atom stereocenters. The van der Waals surface area contributed by atoms with Crippen molar-refractivity contribution in [3.63, 3.8) is 0 Å². The first-order valence-electron chi connectivity index (χ1n) is 7.64. The monoisotopic (exact) mass is 323 g/mol. The summed E-state index contributed by atoms with van der Waals surface area (Å²) in [6.07, 6.45) is 3.83. The van der Waals surface area contributed by atoms with Gasteiger partial charge in [-0.2, -0.15) is 4.98 Å². The number of carbonyl (C=O) groups is 1. The molecule has 0 spiro atoms. The van der Waals surface area contributed by atoms with Crippen LogP contribution in [-0.2, 0) is 13.0 Å². The first-order valence-corrected chi connectivity index (χ1v) is 7.64. The van der Waals surface area contributed by atoms with Gasteiger partial charge in [-0.25, -0.2) is 9.97 Å². The Labute approximate surface area is 139 Å². The van der Waals surface area contributed by atoms with E-state index in [1.54, 1.807) is 19.3 Å². The van der Waals surface area contributed by atoms with Crippen molar-refractivity contribution >= 4 is 5.91 Å². The summed E-state index contributed by atoms with van der Waals surface area (Å²) in [5.41, 5.74) is 2.29. The lowest BCUT2D eigenvalue weighted by molar-refractivity contribution is 0.0950. The van der Waals surface area contributed by atoms with E-state index in [-0.39, 0.29) is 5.91 Å². The molecule has 7 heteroatoms. The van der Waals surface area contributed by atoms with Crippen LogP contribution in [0.1, 0.15) is 34.6 Å². The Balaban J connectivity index is 1.60. The van der Waals surface area contributed by atoms with Crippen LogP contribution in [0.25, 0.3) is 11.4 Å². The molecule has 0 fully saturated rings. The smallest absolute Gasteiger partial charge is 0.254 e. The SMILES string of the molecule is CCc1ncc(C(=O)NCc2ccc(-c3noc(C)n3)cc2)cn1. The average Bonchev–Trinajstić information content (AvgIpc) is 3.06. The average molecular weight is 323 g/mol. The van der Waals surface area contributed by atoms with Crippen LogP contribution in [-0.4, -0.2) is 26.0 Å². The minimum atomic E-state index is -0.199. The zero-order valence-corrected chi connectivity index (χ0v) is 13.5. The molecule has 0 saturated carbocycles. The van der Waals surface area contributed by atoms with Crippen LogP contribution in [0.4, 0.5) is 0 Å². The summed E-state index contributed by atoms with van der Waals surface area (Å²) < 4.78 is 4.96. The molecule has 2 heterocycles. The first kappa shape index (κ1) is 15.8. The summed E-state index contributed by atoms with van der Waals surface area (Å²) in [4.78, 5) is 24.5. The van der Waals surface area contributed by atoms with Crippen molar-refractivity contribution in [2.45, 2.75) is 26.8 Å². The molecule has 0 aliphatic heterocycles. The predicted octanol–water partition coefficient (Wildman–Crippen LogP) is 2.33. The van der Waals surface area contributed by atoms with Gasteiger partial charge in [-0.1, -0.05) is 36.3 Å². The molecule has 0 saturated heterocycles. The Kier molecular flexibility index (Phi) is 4.60. The van der Waals surface area contributed by atoms with Crippen LogP contribution in [0, 0.1) is 6.92 Å². The molecule has 0 aliphatic rings. The summed E-state index contributed by atoms with van der Waals surface area (Å²) in [7, 11) is 0. The Bertz CT molecular complexity index is 825. The lowest BCUT2D eigenvalue weighted by Crippen LogP contribution is -2.23. The van der Waals surface area contributed by atoms with Crippen LogP contribution in [0.3, 0.4) is 0 Å². The lowest BCUT2D eigenvalue weighted by atomic mass is 10.1. The standard InChI is InChI=1S/C17H17N5O2/c1-3-15-18-9-14(10-19-15)17(23)20-8-12-4-6-13(7-5-12)16-21-11(2)24-22-16/h4-7,9-10H,3,8H2,1-2H3,(H,20,23). The summed E-state index contributed by atoms with van der Waals surface area (Å²) in [6.45, 7) is 4.13. The van der Waals surface area contributed by atoms with Gasteiger partial charge in [0.15, 0.2) is 0 Å². The number of hydrogen-bond donors (Lipinski definition) is 1. The maximum atomic E-state index is 12.1. The molecule has 0 aliphatic carbocycles. The maximum Gasteiger partial charge on any atom is 0.254 e. The van der Waals surface area contributed by atoms with Gasteiger partial charge in [0.2, 0.25) is 11.7 Å². The van der Waals surface area contributed by atoms with Crippen LogP contribution in [0.5, 0.6) is 0 Å². The van der Waals surface area contributed by atoms with Crippen LogP contribution in [0.15, 0.2) is 41.2 Å². The number of aryl methyl sites for hydroxylation is 2. The van der Waals surface area contributed by atoms with E-state index in [2.05, 4.69) is 25.4 Å². The van der Waals surface area contributed by atoms with Gasteiger partial charge in [-0.05, 0) is 5.56 Å². The normalized spacial score (nSPS) is 10.6. The second-order valence-electron chi connectivity index (χ2n) is 5.26. The summed E-state index contributed by atoms with van der Waals surface area (Å²) in [5, 5.41) is 6.72. The largest absolute Gasteiger partial charge is 0.348 e. The predicted molar refractivity (Wildman–Crippen MR) is 87.1 cm³/mol. The molecular weight excluding hydrogens is 306 g/mol. The molecule has 0 radical (unpaired) electrons. The number of carbonyl (C=O) groups excluding carboxylic acids is 1. The van der Waals surface area contributed by atoms with E-state index in [1.807, 2.05) is 31.2 Å². The number of amides is 1. The highest BCUT2D eigenvalue weighted by Gasteiger charge is 2.08. The number of nitrogens with one attached hydrogen (secondary N) is 1. The third kappa shape index (κ3) is 3.62. The third-order valence-corrected chi connectivity index (χ3v) is 3.48. The van der Waals surface area contributed by atoms with Gasteiger partial charge in [0.05, 0.1) is 5.56 Å². The molecule has 0 bridgehead atoms. The zero-order chi connectivity index (χ0) is 16.9. The maximum absolute atomic E-state index is 12.1. The van der Waals surface area contributed by atoms with Gasteiger partial charge < -0.3 is 9.84 Å². The fraction of sp³-hybridized carbons (Fsp3) is 0.235. The summed E-state index contributed by atoms with van der Waals surface area (Å²) in [5.74, 6) is 1.60. The van der Waals surface area contributed by atoms with Crippen molar-refractivity contribution in [3.05, 3.63) is 59.5 Å². The number of hydrogen-bond acceptors (Lipinski definition) is 6. The summed E-state index contributed by atoms with van der Waals surface area (Å²) >= 11 is 0. The van der Waals surface area contributed by atoms with Crippen molar-refractivity contribution in [2.24, 2.45) is 0 Å². The minimum Gasteiger partial charge on any atom is -0.348 e. The Hall–Kier alpha value is -3.09. The molecule has 3 aromatic rings. The van der Waals surface area contributed by atoms with E-state index in [1.165, 1.54) is 0 Å². The molecule has 1 N–H and O–H groups in total. The van der Waals surface area contributed by atoms with Crippen molar-refractivity contribution in [1.82, 2.24) is 25.4 Å².